The summed E-state index contributed by atoms with van der Waals surface area (Å²) in [7, 11) is 0. The van der Waals surface area contributed by atoms with Crippen LogP contribution in [0.2, 0.25) is 0 Å². The van der Waals surface area contributed by atoms with Crippen LogP contribution in [0.25, 0.3) is 0 Å². The highest BCUT2D eigenvalue weighted by atomic mass is 32.1. The van der Waals surface area contributed by atoms with Crippen molar-refractivity contribution < 1.29 is 14.3 Å². The number of esters is 1. The molecule has 1 heterocycles. The molecule has 0 aliphatic rings. The number of hydrogen-bond donors (Lipinski definition) is 0. The van der Waals surface area contributed by atoms with E-state index in [1.807, 2.05) is 24.4 Å². The number of hydrogen-bond acceptors (Lipinski definition) is 5. The number of aromatic nitrogens is 1. The lowest BCUT2D eigenvalue weighted by Crippen LogP contribution is -2.15. The average Bonchev–Trinajstić information content (AvgIpc) is 2.96. The van der Waals surface area contributed by atoms with Gasteiger partial charge in [-0.1, -0.05) is 37.6 Å². The lowest BCUT2D eigenvalue weighted by molar-refractivity contribution is -0.141. The molecule has 0 saturated heterocycles. The molecule has 4 nitrogen and oxygen atoms in total. The third-order valence-corrected chi connectivity index (χ3v) is 4.27. The van der Waals surface area contributed by atoms with Gasteiger partial charge in [0.25, 0.3) is 0 Å². The lowest BCUT2D eigenvalue weighted by Gasteiger charge is -2.05. The molecule has 5 heteroatoms. The number of benzene rings is 1. The van der Waals surface area contributed by atoms with E-state index in [4.69, 9.17) is 4.74 Å². The third-order valence-electron chi connectivity index (χ3n) is 3.45. The van der Waals surface area contributed by atoms with Crippen LogP contribution in [0.4, 0.5) is 0 Å². The van der Waals surface area contributed by atoms with Crippen molar-refractivity contribution in [2.24, 2.45) is 0 Å². The van der Waals surface area contributed by atoms with E-state index in [0.717, 1.165) is 24.3 Å². The Labute approximate surface area is 140 Å². The molecule has 0 atom stereocenters. The molecule has 122 valence electrons. The van der Waals surface area contributed by atoms with Crippen molar-refractivity contribution in [2.45, 2.75) is 39.5 Å². The predicted molar refractivity (Wildman–Crippen MR) is 90.9 cm³/mol. The Morgan fingerprint density at radius 1 is 1.22 bits per heavy atom. The molecule has 0 saturated carbocycles. The zero-order valence-corrected chi connectivity index (χ0v) is 14.3. The molecule has 0 aliphatic carbocycles. The number of unbranched alkanes of at least 4 members (excludes halogenated alkanes) is 1. The fourth-order valence-electron chi connectivity index (χ4n) is 2.16. The van der Waals surface area contributed by atoms with E-state index >= 15 is 0 Å². The number of ether oxygens (including phenoxy) is 1. The molecule has 0 fully saturated rings. The van der Waals surface area contributed by atoms with Crippen LogP contribution in [-0.2, 0) is 22.4 Å². The summed E-state index contributed by atoms with van der Waals surface area (Å²) >= 11 is 1.49. The fraction of sp³-hybridized carbons (Fsp3) is 0.389. The van der Waals surface area contributed by atoms with Crippen LogP contribution in [0.5, 0.6) is 0 Å². The van der Waals surface area contributed by atoms with Crippen molar-refractivity contribution in [1.82, 2.24) is 4.98 Å². The SMILES string of the molecule is CCCCc1ccc(C(=O)COC(=O)Cc2csc(C)n2)cc1. The van der Waals surface area contributed by atoms with Crippen molar-refractivity contribution in [3.8, 4) is 0 Å². The summed E-state index contributed by atoms with van der Waals surface area (Å²) in [6.07, 6.45) is 3.41. The Morgan fingerprint density at radius 3 is 2.57 bits per heavy atom. The quantitative estimate of drug-likeness (QED) is 0.546. The van der Waals surface area contributed by atoms with Gasteiger partial charge in [-0.2, -0.15) is 0 Å². The van der Waals surface area contributed by atoms with E-state index in [-0.39, 0.29) is 18.8 Å². The van der Waals surface area contributed by atoms with Gasteiger partial charge >= 0.3 is 5.97 Å². The summed E-state index contributed by atoms with van der Waals surface area (Å²) < 4.78 is 5.04. The van der Waals surface area contributed by atoms with Crippen molar-refractivity contribution >= 4 is 23.1 Å². The molecule has 0 unspecified atom stereocenters. The number of carbonyl (C=O) groups excluding carboxylic acids is 2. The van der Waals surface area contributed by atoms with Gasteiger partial charge in [-0.15, -0.1) is 11.3 Å². The first-order chi connectivity index (χ1) is 11.1. The molecule has 0 bridgehead atoms. The van der Waals surface area contributed by atoms with Gasteiger partial charge in [0, 0.05) is 10.9 Å². The van der Waals surface area contributed by atoms with Crippen molar-refractivity contribution in [2.75, 3.05) is 6.61 Å². The number of aryl methyl sites for hydroxylation is 2. The first-order valence-corrected chi connectivity index (χ1v) is 8.65. The molecule has 0 radical (unpaired) electrons. The largest absolute Gasteiger partial charge is 0.457 e. The normalized spacial score (nSPS) is 10.5. The highest BCUT2D eigenvalue weighted by molar-refractivity contribution is 7.09. The first kappa shape index (κ1) is 17.3. The molecule has 23 heavy (non-hydrogen) atoms. The molecule has 0 N–H and O–H groups in total. The molecule has 2 rings (SSSR count). The Balaban J connectivity index is 1.80. The van der Waals surface area contributed by atoms with Crippen molar-refractivity contribution in [3.63, 3.8) is 0 Å². The van der Waals surface area contributed by atoms with Gasteiger partial charge in [-0.25, -0.2) is 4.98 Å². The van der Waals surface area contributed by atoms with Crippen LogP contribution in [-0.4, -0.2) is 23.3 Å². The Kier molecular flexibility index (Phi) is 6.47. The van der Waals surface area contributed by atoms with E-state index in [1.54, 1.807) is 12.1 Å². The van der Waals surface area contributed by atoms with Crippen LogP contribution < -0.4 is 0 Å². The first-order valence-electron chi connectivity index (χ1n) is 7.77. The zero-order chi connectivity index (χ0) is 16.7. The van der Waals surface area contributed by atoms with E-state index in [1.165, 1.54) is 16.9 Å². The topological polar surface area (TPSA) is 56.3 Å². The number of ketones is 1. The number of nitrogens with zero attached hydrogens (tertiary/aromatic N) is 1. The van der Waals surface area contributed by atoms with Gasteiger partial charge in [0.05, 0.1) is 17.1 Å². The second-order valence-corrected chi connectivity index (χ2v) is 6.48. The predicted octanol–water partition coefficient (Wildman–Crippen LogP) is 3.76. The number of carbonyl (C=O) groups is 2. The van der Waals surface area contributed by atoms with Crippen LogP contribution in [0, 0.1) is 6.92 Å². The number of Topliss-reactive ketones (excluding diaryl/α,β-unsaturated/α-hetero) is 1. The Hall–Kier alpha value is -2.01. The van der Waals surface area contributed by atoms with Crippen LogP contribution >= 0.6 is 11.3 Å². The summed E-state index contributed by atoms with van der Waals surface area (Å²) in [5, 5.41) is 2.74. The fourth-order valence-corrected chi connectivity index (χ4v) is 2.77. The number of thiazole rings is 1. The second kappa shape index (κ2) is 8.58. The molecule has 0 amide bonds. The van der Waals surface area contributed by atoms with Gasteiger partial charge in [0.2, 0.25) is 0 Å². The monoisotopic (exact) mass is 331 g/mol. The van der Waals surface area contributed by atoms with Crippen molar-refractivity contribution in [1.29, 1.82) is 0 Å². The van der Waals surface area contributed by atoms with E-state index in [2.05, 4.69) is 11.9 Å². The summed E-state index contributed by atoms with van der Waals surface area (Å²) in [6, 6.07) is 7.52. The van der Waals surface area contributed by atoms with Gasteiger partial charge in [-0.3, -0.25) is 9.59 Å². The lowest BCUT2D eigenvalue weighted by atomic mass is 10.0. The highest BCUT2D eigenvalue weighted by Gasteiger charge is 2.12. The van der Waals surface area contributed by atoms with E-state index < -0.39 is 5.97 Å². The summed E-state index contributed by atoms with van der Waals surface area (Å²) in [5.41, 5.74) is 2.48. The molecule has 0 aliphatic heterocycles. The van der Waals surface area contributed by atoms with E-state index in [0.29, 0.717) is 11.3 Å². The maximum absolute atomic E-state index is 12.0. The van der Waals surface area contributed by atoms with Crippen LogP contribution in [0.3, 0.4) is 0 Å². The summed E-state index contributed by atoms with van der Waals surface area (Å²) in [4.78, 5) is 28.0. The van der Waals surface area contributed by atoms with Crippen LogP contribution in [0.1, 0.15) is 46.4 Å². The average molecular weight is 331 g/mol. The Bertz CT molecular complexity index is 661. The summed E-state index contributed by atoms with van der Waals surface area (Å²) in [5.74, 6) is -0.613. The zero-order valence-electron chi connectivity index (χ0n) is 13.5. The highest BCUT2D eigenvalue weighted by Crippen LogP contribution is 2.10. The second-order valence-electron chi connectivity index (χ2n) is 5.42. The smallest absolute Gasteiger partial charge is 0.312 e. The minimum absolute atomic E-state index is 0.105. The van der Waals surface area contributed by atoms with Gasteiger partial charge in [-0.05, 0) is 25.3 Å². The molecule has 1 aromatic carbocycles. The standard InChI is InChI=1S/C18H21NO3S/c1-3-4-5-14-6-8-15(9-7-14)17(20)11-22-18(21)10-16-12-23-13(2)19-16/h6-9,12H,3-5,10-11H2,1-2H3. The summed E-state index contributed by atoms with van der Waals surface area (Å²) in [6.45, 7) is 3.81. The van der Waals surface area contributed by atoms with Gasteiger partial charge in [0.15, 0.2) is 12.4 Å². The van der Waals surface area contributed by atoms with Crippen LogP contribution in [0.15, 0.2) is 29.6 Å². The molecular weight excluding hydrogens is 310 g/mol. The molecule has 2 aromatic rings. The Morgan fingerprint density at radius 2 is 1.96 bits per heavy atom. The number of rotatable bonds is 8. The maximum atomic E-state index is 12.0. The van der Waals surface area contributed by atoms with Gasteiger partial charge in [0.1, 0.15) is 0 Å². The molecular formula is C18H21NO3S. The minimum atomic E-state index is -0.428. The van der Waals surface area contributed by atoms with Gasteiger partial charge < -0.3 is 4.74 Å². The maximum Gasteiger partial charge on any atom is 0.312 e. The minimum Gasteiger partial charge on any atom is -0.457 e. The molecule has 1 aromatic heterocycles. The molecule has 0 spiro atoms. The third kappa shape index (κ3) is 5.60. The van der Waals surface area contributed by atoms with Crippen molar-refractivity contribution in [3.05, 3.63) is 51.5 Å². The van der Waals surface area contributed by atoms with E-state index in [9.17, 15) is 9.59 Å².